The largest absolute Gasteiger partial charge is 0.491 e. The molecule has 3 unspecified atom stereocenters. The quantitative estimate of drug-likeness (QED) is 0.252. The molecule has 0 spiro atoms. The van der Waals surface area contributed by atoms with Crippen LogP contribution in [-0.2, 0) is 14.2 Å². The molecular formula is C24H40O7. The van der Waals surface area contributed by atoms with E-state index < -0.39 is 6.10 Å². The first-order valence-corrected chi connectivity index (χ1v) is 11.5. The Morgan fingerprint density at radius 2 is 1.77 bits per heavy atom. The molecule has 0 radical (unpaired) electrons. The highest BCUT2D eigenvalue weighted by Gasteiger charge is 2.33. The van der Waals surface area contributed by atoms with Crippen molar-refractivity contribution >= 4 is 0 Å². The van der Waals surface area contributed by atoms with Crippen molar-refractivity contribution in [2.45, 2.75) is 70.2 Å². The molecule has 1 saturated heterocycles. The first kappa shape index (κ1) is 25.9. The van der Waals surface area contributed by atoms with Crippen molar-refractivity contribution < 1.29 is 33.9 Å². The standard InChI is InChI=1S/C24H40O7/c1-3-24(2,16-23-19-30-23)31-13-7-5-4-6-12-27-17-20(26)18-29-22-10-8-9-21(15-22)28-14-11-25/h8-10,15,20,23,25-26H,3-7,11-14,16-19H2,1-2H3. The highest BCUT2D eigenvalue weighted by Crippen LogP contribution is 2.28. The Kier molecular flexibility index (Phi) is 12.2. The summed E-state index contributed by atoms with van der Waals surface area (Å²) in [5.41, 5.74) is -0.0593. The van der Waals surface area contributed by atoms with Gasteiger partial charge < -0.3 is 33.9 Å². The molecule has 1 aromatic rings. The van der Waals surface area contributed by atoms with E-state index in [0.29, 0.717) is 24.2 Å². The molecular weight excluding hydrogens is 400 g/mol. The summed E-state index contributed by atoms with van der Waals surface area (Å²) >= 11 is 0. The van der Waals surface area contributed by atoms with Gasteiger partial charge in [0.05, 0.1) is 31.5 Å². The maximum Gasteiger partial charge on any atom is 0.123 e. The summed E-state index contributed by atoms with van der Waals surface area (Å²) in [5, 5.41) is 18.8. The molecule has 1 aliphatic heterocycles. The van der Waals surface area contributed by atoms with Crippen LogP contribution in [0.1, 0.15) is 52.4 Å². The minimum absolute atomic E-state index is 0.0383. The second kappa shape index (κ2) is 14.6. The van der Waals surface area contributed by atoms with Gasteiger partial charge in [-0.2, -0.15) is 0 Å². The number of aliphatic hydroxyl groups excluding tert-OH is 2. The van der Waals surface area contributed by atoms with Crippen molar-refractivity contribution in [3.8, 4) is 11.5 Å². The van der Waals surface area contributed by atoms with Gasteiger partial charge in [-0.3, -0.25) is 0 Å². The van der Waals surface area contributed by atoms with Gasteiger partial charge in [0.2, 0.25) is 0 Å². The maximum absolute atomic E-state index is 10.0. The van der Waals surface area contributed by atoms with Gasteiger partial charge in [0, 0.05) is 25.7 Å². The molecule has 0 bridgehead atoms. The summed E-state index contributed by atoms with van der Waals surface area (Å²) in [6, 6.07) is 7.13. The number of benzene rings is 1. The van der Waals surface area contributed by atoms with Gasteiger partial charge >= 0.3 is 0 Å². The lowest BCUT2D eigenvalue weighted by molar-refractivity contribution is -0.0461. The average molecular weight is 441 g/mol. The van der Waals surface area contributed by atoms with Crippen LogP contribution >= 0.6 is 0 Å². The van der Waals surface area contributed by atoms with Gasteiger partial charge in [-0.15, -0.1) is 0 Å². The number of aliphatic hydroxyl groups is 2. The third-order valence-electron chi connectivity index (χ3n) is 5.36. The fourth-order valence-electron chi connectivity index (χ4n) is 3.23. The van der Waals surface area contributed by atoms with Gasteiger partial charge in [-0.05, 0) is 38.3 Å². The molecule has 178 valence electrons. The van der Waals surface area contributed by atoms with E-state index in [4.69, 9.17) is 28.8 Å². The topological polar surface area (TPSA) is 89.9 Å². The predicted molar refractivity (Wildman–Crippen MR) is 119 cm³/mol. The molecule has 31 heavy (non-hydrogen) atoms. The van der Waals surface area contributed by atoms with E-state index in [-0.39, 0.29) is 32.0 Å². The molecule has 1 heterocycles. The minimum atomic E-state index is -0.683. The van der Waals surface area contributed by atoms with Crippen molar-refractivity contribution in [1.82, 2.24) is 0 Å². The van der Waals surface area contributed by atoms with Crippen LogP contribution in [0.5, 0.6) is 11.5 Å². The highest BCUT2D eigenvalue weighted by molar-refractivity contribution is 5.32. The minimum Gasteiger partial charge on any atom is -0.491 e. The van der Waals surface area contributed by atoms with Crippen LogP contribution in [0.15, 0.2) is 24.3 Å². The number of epoxide rings is 1. The van der Waals surface area contributed by atoms with E-state index in [1.54, 1.807) is 24.3 Å². The van der Waals surface area contributed by atoms with Crippen molar-refractivity contribution in [2.24, 2.45) is 0 Å². The SMILES string of the molecule is CCC(C)(CC1CO1)OCCCCCCOCC(O)COc1cccc(OCCO)c1. The molecule has 0 aliphatic carbocycles. The van der Waals surface area contributed by atoms with E-state index >= 15 is 0 Å². The Hall–Kier alpha value is -1.38. The van der Waals surface area contributed by atoms with Crippen LogP contribution in [-0.4, -0.2) is 74.3 Å². The van der Waals surface area contributed by atoms with E-state index in [1.165, 1.54) is 0 Å². The Morgan fingerprint density at radius 1 is 1.06 bits per heavy atom. The smallest absolute Gasteiger partial charge is 0.123 e. The normalized spacial score (nSPS) is 18.4. The van der Waals surface area contributed by atoms with Crippen molar-refractivity contribution in [2.75, 3.05) is 46.2 Å². The second-order valence-electron chi connectivity index (χ2n) is 8.31. The van der Waals surface area contributed by atoms with E-state index in [2.05, 4.69) is 13.8 Å². The number of unbranched alkanes of at least 4 members (excludes halogenated alkanes) is 3. The van der Waals surface area contributed by atoms with E-state index in [1.807, 2.05) is 0 Å². The molecule has 1 aliphatic rings. The van der Waals surface area contributed by atoms with Crippen LogP contribution in [0.4, 0.5) is 0 Å². The van der Waals surface area contributed by atoms with Gasteiger partial charge in [0.1, 0.15) is 30.8 Å². The highest BCUT2D eigenvalue weighted by atomic mass is 16.6. The van der Waals surface area contributed by atoms with E-state index in [9.17, 15) is 5.11 Å². The Labute approximate surface area is 186 Å². The molecule has 1 fully saturated rings. The lowest BCUT2D eigenvalue weighted by Gasteiger charge is -2.28. The zero-order valence-corrected chi connectivity index (χ0v) is 19.1. The maximum atomic E-state index is 10.0. The van der Waals surface area contributed by atoms with Crippen LogP contribution in [0.2, 0.25) is 0 Å². The summed E-state index contributed by atoms with van der Waals surface area (Å²) < 4.78 is 27.9. The molecule has 2 N–H and O–H groups in total. The molecule has 7 heteroatoms. The molecule has 3 atom stereocenters. The van der Waals surface area contributed by atoms with Crippen LogP contribution in [0.25, 0.3) is 0 Å². The monoisotopic (exact) mass is 440 g/mol. The van der Waals surface area contributed by atoms with Gasteiger partial charge in [-0.25, -0.2) is 0 Å². The molecule has 1 aromatic carbocycles. The summed E-state index contributed by atoms with van der Waals surface area (Å²) in [6.07, 6.45) is 5.95. The number of rotatable bonds is 19. The molecule has 2 rings (SSSR count). The fourth-order valence-corrected chi connectivity index (χ4v) is 3.23. The lowest BCUT2D eigenvalue weighted by Crippen LogP contribution is -2.30. The van der Waals surface area contributed by atoms with E-state index in [0.717, 1.165) is 51.7 Å². The first-order chi connectivity index (χ1) is 15.0. The molecule has 0 saturated carbocycles. The predicted octanol–water partition coefficient (Wildman–Crippen LogP) is 3.35. The summed E-state index contributed by atoms with van der Waals surface area (Å²) in [5.74, 6) is 1.24. The number of hydrogen-bond acceptors (Lipinski definition) is 7. The van der Waals surface area contributed by atoms with Crippen LogP contribution in [0.3, 0.4) is 0 Å². The summed E-state index contributed by atoms with van der Waals surface area (Å²) in [4.78, 5) is 0. The zero-order chi connectivity index (χ0) is 22.4. The second-order valence-corrected chi connectivity index (χ2v) is 8.31. The summed E-state index contributed by atoms with van der Waals surface area (Å²) in [6.45, 7) is 7.26. The van der Waals surface area contributed by atoms with Crippen molar-refractivity contribution in [3.05, 3.63) is 24.3 Å². The molecule has 7 nitrogen and oxygen atoms in total. The van der Waals surface area contributed by atoms with Crippen LogP contribution < -0.4 is 9.47 Å². The lowest BCUT2D eigenvalue weighted by atomic mass is 9.97. The molecule has 0 aromatic heterocycles. The molecule has 0 amide bonds. The fraction of sp³-hybridized carbons (Fsp3) is 0.750. The number of ether oxygens (including phenoxy) is 5. The van der Waals surface area contributed by atoms with Crippen molar-refractivity contribution in [1.29, 1.82) is 0 Å². The first-order valence-electron chi connectivity index (χ1n) is 11.5. The Bertz CT molecular complexity index is 593. The average Bonchev–Trinajstić information content (AvgIpc) is 3.59. The van der Waals surface area contributed by atoms with Crippen LogP contribution in [0, 0.1) is 0 Å². The summed E-state index contributed by atoms with van der Waals surface area (Å²) in [7, 11) is 0. The Morgan fingerprint density at radius 3 is 2.45 bits per heavy atom. The third kappa shape index (κ3) is 11.7. The third-order valence-corrected chi connectivity index (χ3v) is 5.36. The van der Waals surface area contributed by atoms with Crippen molar-refractivity contribution in [3.63, 3.8) is 0 Å². The van der Waals surface area contributed by atoms with Gasteiger partial charge in [0.15, 0.2) is 0 Å². The number of hydrogen-bond donors (Lipinski definition) is 2. The van der Waals surface area contributed by atoms with Gasteiger partial charge in [0.25, 0.3) is 0 Å². The zero-order valence-electron chi connectivity index (χ0n) is 19.1. The van der Waals surface area contributed by atoms with Gasteiger partial charge in [-0.1, -0.05) is 25.8 Å². The Balaban J connectivity index is 1.44.